The van der Waals surface area contributed by atoms with Gasteiger partial charge in [0.1, 0.15) is 5.75 Å². The maximum atomic E-state index is 12.8. The van der Waals surface area contributed by atoms with Crippen molar-refractivity contribution in [2.75, 3.05) is 12.0 Å². The molecule has 1 aliphatic rings. The summed E-state index contributed by atoms with van der Waals surface area (Å²) < 4.78 is 5.24. The highest BCUT2D eigenvalue weighted by molar-refractivity contribution is 6.03. The fourth-order valence-corrected chi connectivity index (χ4v) is 3.34. The van der Waals surface area contributed by atoms with Crippen molar-refractivity contribution in [1.82, 2.24) is 0 Å². The van der Waals surface area contributed by atoms with Gasteiger partial charge in [-0.2, -0.15) is 0 Å². The van der Waals surface area contributed by atoms with Crippen molar-refractivity contribution in [3.63, 3.8) is 0 Å². The molecule has 0 saturated carbocycles. The molecule has 0 bridgehead atoms. The van der Waals surface area contributed by atoms with E-state index in [0.29, 0.717) is 0 Å². The second kappa shape index (κ2) is 7.56. The maximum Gasteiger partial charge on any atom is 0.251 e. The molecule has 0 saturated heterocycles. The van der Waals surface area contributed by atoms with E-state index in [2.05, 4.69) is 38.1 Å². The van der Waals surface area contributed by atoms with E-state index in [1.165, 1.54) is 16.7 Å². The number of methoxy groups -OCH3 is 1. The standard InChI is InChI=1S/C22H25NO2/c1-4-16-6-8-18(9-7-16)21-14-17(5-2)15-22(24)23(21)19-10-12-20(25-3)13-11-19/h6-13,15,21H,4-5,14H2,1-3H3/t21-/m0/s1. The Morgan fingerprint density at radius 1 is 1.00 bits per heavy atom. The zero-order chi connectivity index (χ0) is 17.8. The average Bonchev–Trinajstić information content (AvgIpc) is 2.67. The number of anilines is 1. The third-order valence-corrected chi connectivity index (χ3v) is 4.91. The molecule has 2 aromatic rings. The van der Waals surface area contributed by atoms with Crippen molar-refractivity contribution in [1.29, 1.82) is 0 Å². The van der Waals surface area contributed by atoms with Crippen LogP contribution < -0.4 is 9.64 Å². The molecule has 3 heteroatoms. The molecule has 3 nitrogen and oxygen atoms in total. The predicted octanol–water partition coefficient (Wildman–Crippen LogP) is 5.07. The summed E-state index contributed by atoms with van der Waals surface area (Å²) in [5.74, 6) is 0.847. The van der Waals surface area contributed by atoms with Crippen molar-refractivity contribution in [3.05, 3.63) is 71.3 Å². The summed E-state index contributed by atoms with van der Waals surface area (Å²) in [6.07, 6.45) is 4.60. The second-order valence-corrected chi connectivity index (χ2v) is 6.38. The molecule has 0 radical (unpaired) electrons. The lowest BCUT2D eigenvalue weighted by molar-refractivity contribution is -0.115. The Morgan fingerprint density at radius 3 is 2.24 bits per heavy atom. The van der Waals surface area contributed by atoms with E-state index in [1.807, 2.05) is 29.2 Å². The molecule has 1 amide bonds. The number of nitrogens with zero attached hydrogens (tertiary/aromatic N) is 1. The first-order valence-electron chi connectivity index (χ1n) is 8.91. The molecule has 25 heavy (non-hydrogen) atoms. The number of hydrogen-bond acceptors (Lipinski definition) is 2. The van der Waals surface area contributed by atoms with Gasteiger partial charge in [-0.3, -0.25) is 4.79 Å². The Kier molecular flexibility index (Phi) is 5.22. The van der Waals surface area contributed by atoms with Gasteiger partial charge in [-0.1, -0.05) is 43.7 Å². The summed E-state index contributed by atoms with van der Waals surface area (Å²) in [4.78, 5) is 14.7. The lowest BCUT2D eigenvalue weighted by atomic mass is 9.91. The van der Waals surface area contributed by atoms with E-state index in [4.69, 9.17) is 4.74 Å². The summed E-state index contributed by atoms with van der Waals surface area (Å²) >= 11 is 0. The first-order valence-corrected chi connectivity index (χ1v) is 8.91. The number of carbonyl (C=O) groups is 1. The molecule has 0 aromatic heterocycles. The van der Waals surface area contributed by atoms with Gasteiger partial charge in [-0.05, 0) is 54.7 Å². The van der Waals surface area contributed by atoms with E-state index in [-0.39, 0.29) is 11.9 Å². The van der Waals surface area contributed by atoms with Gasteiger partial charge in [-0.25, -0.2) is 0 Å². The average molecular weight is 335 g/mol. The van der Waals surface area contributed by atoms with Crippen LogP contribution in [0.2, 0.25) is 0 Å². The first kappa shape index (κ1) is 17.3. The van der Waals surface area contributed by atoms with Crippen LogP contribution in [0.4, 0.5) is 5.69 Å². The van der Waals surface area contributed by atoms with Gasteiger partial charge in [-0.15, -0.1) is 0 Å². The summed E-state index contributed by atoms with van der Waals surface area (Å²) in [7, 11) is 1.65. The van der Waals surface area contributed by atoms with Crippen molar-refractivity contribution in [2.45, 2.75) is 39.2 Å². The van der Waals surface area contributed by atoms with Gasteiger partial charge >= 0.3 is 0 Å². The highest BCUT2D eigenvalue weighted by Gasteiger charge is 2.30. The summed E-state index contributed by atoms with van der Waals surface area (Å²) in [6.45, 7) is 4.26. The third-order valence-electron chi connectivity index (χ3n) is 4.91. The number of aryl methyl sites for hydroxylation is 1. The van der Waals surface area contributed by atoms with E-state index >= 15 is 0 Å². The predicted molar refractivity (Wildman–Crippen MR) is 102 cm³/mol. The van der Waals surface area contributed by atoms with Crippen LogP contribution in [0.25, 0.3) is 0 Å². The monoisotopic (exact) mass is 335 g/mol. The lowest BCUT2D eigenvalue weighted by Gasteiger charge is -2.35. The lowest BCUT2D eigenvalue weighted by Crippen LogP contribution is -2.37. The van der Waals surface area contributed by atoms with E-state index < -0.39 is 0 Å². The fraction of sp³-hybridized carbons (Fsp3) is 0.318. The number of amides is 1. The second-order valence-electron chi connectivity index (χ2n) is 6.38. The molecule has 0 unspecified atom stereocenters. The van der Waals surface area contributed by atoms with Gasteiger partial charge in [0.05, 0.1) is 13.2 Å². The molecule has 0 fully saturated rings. The molecule has 1 atom stereocenters. The molecule has 1 aliphatic heterocycles. The number of carbonyl (C=O) groups excluding carboxylic acids is 1. The normalized spacial score (nSPS) is 17.4. The third kappa shape index (κ3) is 3.60. The highest BCUT2D eigenvalue weighted by atomic mass is 16.5. The van der Waals surface area contributed by atoms with Gasteiger partial charge in [0.25, 0.3) is 5.91 Å². The largest absolute Gasteiger partial charge is 0.497 e. The van der Waals surface area contributed by atoms with Crippen LogP contribution in [0, 0.1) is 0 Å². The zero-order valence-corrected chi connectivity index (χ0v) is 15.2. The van der Waals surface area contributed by atoms with Crippen LogP contribution in [0.15, 0.2) is 60.2 Å². The summed E-state index contributed by atoms with van der Waals surface area (Å²) in [5, 5.41) is 0. The minimum Gasteiger partial charge on any atom is -0.497 e. The topological polar surface area (TPSA) is 29.5 Å². The van der Waals surface area contributed by atoms with Gasteiger partial charge in [0.15, 0.2) is 0 Å². The van der Waals surface area contributed by atoms with Crippen LogP contribution in [0.5, 0.6) is 5.75 Å². The van der Waals surface area contributed by atoms with Crippen LogP contribution in [0.3, 0.4) is 0 Å². The van der Waals surface area contributed by atoms with Gasteiger partial charge in [0.2, 0.25) is 0 Å². The molecule has 0 N–H and O–H groups in total. The van der Waals surface area contributed by atoms with Crippen molar-refractivity contribution >= 4 is 11.6 Å². The number of benzene rings is 2. The number of hydrogen-bond donors (Lipinski definition) is 0. The van der Waals surface area contributed by atoms with E-state index in [9.17, 15) is 4.79 Å². The molecule has 2 aromatic carbocycles. The summed E-state index contributed by atoms with van der Waals surface area (Å²) in [6, 6.07) is 16.4. The molecule has 0 spiro atoms. The maximum absolute atomic E-state index is 12.8. The van der Waals surface area contributed by atoms with Crippen LogP contribution in [-0.2, 0) is 11.2 Å². The SMILES string of the molecule is CCC1=CC(=O)N(c2ccc(OC)cc2)[C@H](c2ccc(CC)cc2)C1. The summed E-state index contributed by atoms with van der Waals surface area (Å²) in [5.41, 5.74) is 4.61. The van der Waals surface area contributed by atoms with Gasteiger partial charge in [0, 0.05) is 11.8 Å². The Labute approximate surface area is 149 Å². The fourth-order valence-electron chi connectivity index (χ4n) is 3.34. The highest BCUT2D eigenvalue weighted by Crippen LogP contribution is 2.37. The molecule has 130 valence electrons. The number of ether oxygens (including phenoxy) is 1. The Morgan fingerprint density at radius 2 is 1.68 bits per heavy atom. The molecule has 0 aliphatic carbocycles. The number of rotatable bonds is 5. The van der Waals surface area contributed by atoms with E-state index in [0.717, 1.165) is 30.7 Å². The quantitative estimate of drug-likeness (QED) is 0.763. The van der Waals surface area contributed by atoms with Crippen LogP contribution >= 0.6 is 0 Å². The smallest absolute Gasteiger partial charge is 0.251 e. The minimum atomic E-state index is 0.0340. The van der Waals surface area contributed by atoms with E-state index in [1.54, 1.807) is 13.2 Å². The molecular weight excluding hydrogens is 310 g/mol. The Hall–Kier alpha value is -2.55. The minimum absolute atomic E-state index is 0.0340. The van der Waals surface area contributed by atoms with Crippen LogP contribution in [-0.4, -0.2) is 13.0 Å². The van der Waals surface area contributed by atoms with Gasteiger partial charge < -0.3 is 9.64 Å². The van der Waals surface area contributed by atoms with Crippen LogP contribution in [0.1, 0.15) is 43.9 Å². The molecule has 3 rings (SSSR count). The Balaban J connectivity index is 2.00. The first-order chi connectivity index (χ1) is 12.2. The molecule has 1 heterocycles. The van der Waals surface area contributed by atoms with Crippen molar-refractivity contribution in [3.8, 4) is 5.75 Å². The zero-order valence-electron chi connectivity index (χ0n) is 15.2. The van der Waals surface area contributed by atoms with Crippen molar-refractivity contribution in [2.24, 2.45) is 0 Å². The molecular formula is C22H25NO2. The Bertz CT molecular complexity index is 760. The van der Waals surface area contributed by atoms with Crippen molar-refractivity contribution < 1.29 is 9.53 Å².